The Morgan fingerprint density at radius 1 is 1.17 bits per heavy atom. The number of carbonyl (C=O) groups excluding carboxylic acids is 1. The highest BCUT2D eigenvalue weighted by Crippen LogP contribution is 2.29. The van der Waals surface area contributed by atoms with E-state index in [0.717, 1.165) is 22.7 Å². The fraction of sp³-hybridized carbons (Fsp3) is 0.238. The molecule has 3 heterocycles. The lowest BCUT2D eigenvalue weighted by molar-refractivity contribution is -0.121. The molecule has 30 heavy (non-hydrogen) atoms. The Morgan fingerprint density at radius 2 is 2.03 bits per heavy atom. The second-order valence-corrected chi connectivity index (χ2v) is 8.09. The summed E-state index contributed by atoms with van der Waals surface area (Å²) >= 11 is 3.55. The fourth-order valence-corrected chi connectivity index (χ4v) is 4.13. The first-order valence-corrected chi connectivity index (χ1v) is 10.5. The van der Waals surface area contributed by atoms with E-state index in [9.17, 15) is 9.18 Å². The predicted octanol–water partition coefficient (Wildman–Crippen LogP) is 3.93. The summed E-state index contributed by atoms with van der Waals surface area (Å²) in [5.41, 5.74) is 1.86. The Bertz CT molecular complexity index is 1270. The molecule has 1 fully saturated rings. The van der Waals surface area contributed by atoms with Gasteiger partial charge < -0.3 is 10.6 Å². The number of anilines is 1. The molecule has 2 aromatic carbocycles. The van der Waals surface area contributed by atoms with Gasteiger partial charge in [-0.15, -0.1) is 5.10 Å². The average Bonchev–Trinajstić information content (AvgIpc) is 3.09. The third-order valence-corrected chi connectivity index (χ3v) is 5.81. The van der Waals surface area contributed by atoms with Crippen molar-refractivity contribution in [3.05, 3.63) is 52.8 Å². The van der Waals surface area contributed by atoms with Gasteiger partial charge in [0, 0.05) is 22.0 Å². The van der Waals surface area contributed by atoms with Crippen LogP contribution >= 0.6 is 15.9 Å². The molecule has 2 aromatic heterocycles. The van der Waals surface area contributed by atoms with E-state index in [2.05, 4.69) is 36.6 Å². The van der Waals surface area contributed by atoms with Crippen LogP contribution in [0.4, 0.5) is 10.3 Å². The summed E-state index contributed by atoms with van der Waals surface area (Å²) in [6, 6.07) is 11.5. The molecule has 0 saturated carbocycles. The van der Waals surface area contributed by atoms with Gasteiger partial charge in [0.15, 0.2) is 11.5 Å². The number of hydrogen-bond donors (Lipinski definition) is 2. The lowest BCUT2D eigenvalue weighted by Crippen LogP contribution is -2.38. The van der Waals surface area contributed by atoms with Crippen LogP contribution in [0.15, 0.2) is 46.9 Å². The van der Waals surface area contributed by atoms with Crippen molar-refractivity contribution in [1.82, 2.24) is 24.9 Å². The average molecular weight is 469 g/mol. The van der Waals surface area contributed by atoms with Crippen molar-refractivity contribution in [2.75, 3.05) is 11.9 Å². The van der Waals surface area contributed by atoms with Crippen molar-refractivity contribution < 1.29 is 9.18 Å². The highest BCUT2D eigenvalue weighted by molar-refractivity contribution is 9.10. The maximum atomic E-state index is 13.7. The van der Waals surface area contributed by atoms with Crippen LogP contribution in [-0.4, -0.2) is 38.1 Å². The second-order valence-electron chi connectivity index (χ2n) is 7.24. The van der Waals surface area contributed by atoms with Crippen LogP contribution in [0.3, 0.4) is 0 Å². The normalized spacial score (nSPS) is 17.1. The monoisotopic (exact) mass is 468 g/mol. The first kappa shape index (κ1) is 18.9. The van der Waals surface area contributed by atoms with E-state index < -0.39 is 6.04 Å². The molecule has 4 aromatic rings. The molecular formula is C21H18BrFN6O. The maximum absolute atomic E-state index is 13.7. The minimum atomic E-state index is -0.412. The zero-order valence-corrected chi connectivity index (χ0v) is 17.5. The Balaban J connectivity index is 1.69. The number of aromatic nitrogens is 4. The lowest BCUT2D eigenvalue weighted by Gasteiger charge is -2.17. The van der Waals surface area contributed by atoms with Gasteiger partial charge in [0.05, 0.1) is 5.52 Å². The fourth-order valence-electron chi connectivity index (χ4n) is 3.67. The molecule has 0 spiro atoms. The van der Waals surface area contributed by atoms with E-state index in [-0.39, 0.29) is 11.7 Å². The topological polar surface area (TPSA) is 84.2 Å². The van der Waals surface area contributed by atoms with Crippen molar-refractivity contribution in [3.63, 3.8) is 0 Å². The molecule has 152 valence electrons. The van der Waals surface area contributed by atoms with Gasteiger partial charge in [0.1, 0.15) is 11.9 Å². The molecule has 0 unspecified atom stereocenters. The number of nitrogens with one attached hydrogen (secondary N) is 2. The smallest absolute Gasteiger partial charge is 0.242 e. The van der Waals surface area contributed by atoms with Crippen LogP contribution in [0, 0.1) is 5.82 Å². The SMILES string of the molecule is O=C1NCCCC[C@@H]1Nc1nc2c(Br)cccc2c2nc(-c3cccc(F)c3)nn12. The summed E-state index contributed by atoms with van der Waals surface area (Å²) in [6.45, 7) is 0.677. The number of amides is 1. The number of rotatable bonds is 3. The number of para-hydroxylation sites is 1. The minimum Gasteiger partial charge on any atom is -0.354 e. The Labute approximate surface area is 179 Å². The zero-order chi connectivity index (χ0) is 20.7. The first-order valence-electron chi connectivity index (χ1n) is 9.75. The van der Waals surface area contributed by atoms with Crippen LogP contribution in [0.2, 0.25) is 0 Å². The van der Waals surface area contributed by atoms with Crippen LogP contribution in [0.25, 0.3) is 27.9 Å². The molecule has 1 aliphatic rings. The molecular weight excluding hydrogens is 451 g/mol. The predicted molar refractivity (Wildman–Crippen MR) is 116 cm³/mol. The van der Waals surface area contributed by atoms with Crippen LogP contribution < -0.4 is 10.6 Å². The third kappa shape index (κ3) is 3.39. The molecule has 0 radical (unpaired) electrons. The molecule has 9 heteroatoms. The Hall–Kier alpha value is -3.07. The van der Waals surface area contributed by atoms with Gasteiger partial charge in [-0.2, -0.15) is 4.52 Å². The standard InChI is InChI=1S/C21H18BrFN6O/c22-15-8-4-7-14-17(15)26-21(25-16-9-1-2-10-24-20(16)30)29-19(14)27-18(28-29)12-5-3-6-13(23)11-12/h3-8,11,16H,1-2,9-10H2,(H,24,30)(H,25,26)/t16-/m0/s1. The lowest BCUT2D eigenvalue weighted by atomic mass is 10.1. The third-order valence-electron chi connectivity index (χ3n) is 5.17. The summed E-state index contributed by atoms with van der Waals surface area (Å²) in [5, 5.41) is 11.6. The van der Waals surface area contributed by atoms with E-state index in [0.29, 0.717) is 41.5 Å². The Morgan fingerprint density at radius 3 is 2.90 bits per heavy atom. The zero-order valence-electron chi connectivity index (χ0n) is 15.9. The van der Waals surface area contributed by atoms with Gasteiger partial charge in [0.25, 0.3) is 0 Å². The number of hydrogen-bond acceptors (Lipinski definition) is 5. The summed E-state index contributed by atoms with van der Waals surface area (Å²) in [7, 11) is 0. The molecule has 2 N–H and O–H groups in total. The Kier molecular flexibility index (Phi) is 4.82. The largest absolute Gasteiger partial charge is 0.354 e. The van der Waals surface area contributed by atoms with Crippen molar-refractivity contribution in [3.8, 4) is 11.4 Å². The molecule has 1 aliphatic heterocycles. The molecule has 1 saturated heterocycles. The number of benzene rings is 2. The number of fused-ring (bicyclic) bond motifs is 3. The van der Waals surface area contributed by atoms with E-state index in [1.165, 1.54) is 12.1 Å². The number of nitrogens with zero attached hydrogens (tertiary/aromatic N) is 4. The minimum absolute atomic E-state index is 0.0554. The molecule has 1 amide bonds. The molecule has 1 atom stereocenters. The molecule has 7 nitrogen and oxygen atoms in total. The van der Waals surface area contributed by atoms with Gasteiger partial charge in [-0.1, -0.05) is 18.2 Å². The van der Waals surface area contributed by atoms with Crippen molar-refractivity contribution in [2.24, 2.45) is 0 Å². The molecule has 0 aliphatic carbocycles. The quantitative estimate of drug-likeness (QED) is 0.475. The van der Waals surface area contributed by atoms with E-state index in [1.54, 1.807) is 16.6 Å². The first-order chi connectivity index (χ1) is 14.6. The summed E-state index contributed by atoms with van der Waals surface area (Å²) in [4.78, 5) is 21.9. The van der Waals surface area contributed by atoms with E-state index in [4.69, 9.17) is 4.98 Å². The highest BCUT2D eigenvalue weighted by atomic mass is 79.9. The molecule has 0 bridgehead atoms. The van der Waals surface area contributed by atoms with Crippen molar-refractivity contribution in [1.29, 1.82) is 0 Å². The van der Waals surface area contributed by atoms with E-state index >= 15 is 0 Å². The second kappa shape index (κ2) is 7.64. The van der Waals surface area contributed by atoms with Gasteiger partial charge in [-0.05, 0) is 59.5 Å². The van der Waals surface area contributed by atoms with Crippen LogP contribution in [0.1, 0.15) is 19.3 Å². The number of halogens is 2. The van der Waals surface area contributed by atoms with Crippen molar-refractivity contribution in [2.45, 2.75) is 25.3 Å². The number of carbonyl (C=O) groups is 1. The highest BCUT2D eigenvalue weighted by Gasteiger charge is 2.24. The molecule has 5 rings (SSSR count). The van der Waals surface area contributed by atoms with Gasteiger partial charge in [0.2, 0.25) is 11.9 Å². The summed E-state index contributed by atoms with van der Waals surface area (Å²) < 4.78 is 16.1. The summed E-state index contributed by atoms with van der Waals surface area (Å²) in [5.74, 6) is 0.393. The van der Waals surface area contributed by atoms with Gasteiger partial charge >= 0.3 is 0 Å². The van der Waals surface area contributed by atoms with E-state index in [1.807, 2.05) is 18.2 Å². The van der Waals surface area contributed by atoms with Gasteiger partial charge in [-0.3, -0.25) is 4.79 Å². The van der Waals surface area contributed by atoms with Crippen LogP contribution in [-0.2, 0) is 4.79 Å². The summed E-state index contributed by atoms with van der Waals surface area (Å²) in [6.07, 6.45) is 2.58. The maximum Gasteiger partial charge on any atom is 0.242 e. The van der Waals surface area contributed by atoms with Crippen LogP contribution in [0.5, 0.6) is 0 Å². The van der Waals surface area contributed by atoms with Gasteiger partial charge in [-0.25, -0.2) is 14.4 Å². The van der Waals surface area contributed by atoms with Crippen molar-refractivity contribution >= 4 is 44.3 Å².